The molecule has 1 rings (SSSR count). The largest absolute Gasteiger partial charge is 0.339 e. The van der Waals surface area contributed by atoms with Crippen molar-refractivity contribution in [2.75, 3.05) is 0 Å². The molecule has 1 aliphatic heterocycles. The summed E-state index contributed by atoms with van der Waals surface area (Å²) in [6, 6.07) is 0. The molecule has 12 heavy (non-hydrogen) atoms. The van der Waals surface area contributed by atoms with Crippen molar-refractivity contribution in [2.45, 2.75) is 5.62 Å². The Morgan fingerprint density at radius 3 is 2.75 bits per heavy atom. The van der Waals surface area contributed by atoms with Crippen molar-refractivity contribution in [2.24, 2.45) is 9.98 Å². The van der Waals surface area contributed by atoms with Crippen LogP contribution < -0.4 is 0 Å². The van der Waals surface area contributed by atoms with Crippen molar-refractivity contribution in [1.82, 2.24) is 5.06 Å². The minimum Gasteiger partial charge on any atom is -0.339 e. The van der Waals surface area contributed by atoms with E-state index in [2.05, 4.69) is 14.8 Å². The summed E-state index contributed by atoms with van der Waals surface area (Å²) in [5.41, 5.74) is -0.979. The van der Waals surface area contributed by atoms with Crippen LogP contribution >= 0.6 is 34.8 Å². The van der Waals surface area contributed by atoms with Gasteiger partial charge in [0.2, 0.25) is 16.2 Å². The maximum absolute atomic E-state index is 9.93. The molecule has 8 heteroatoms. The molecule has 66 valence electrons. The number of carbonyl (C=O) groups excluding carboxylic acids is 1. The Balaban J connectivity index is 2.79. The minimum atomic E-state index is -0.979. The van der Waals surface area contributed by atoms with E-state index in [-0.39, 0.29) is 17.1 Å². The van der Waals surface area contributed by atoms with E-state index in [4.69, 9.17) is 34.8 Å². The van der Waals surface area contributed by atoms with E-state index in [1.54, 1.807) is 0 Å². The number of aliphatic imine (C=N–C) groups is 2. The van der Waals surface area contributed by atoms with Gasteiger partial charge in [-0.3, -0.25) is 4.79 Å². The van der Waals surface area contributed by atoms with Crippen LogP contribution in [0.2, 0.25) is 0 Å². The number of rotatable bonds is 2. The maximum atomic E-state index is 9.93. The van der Waals surface area contributed by atoms with Gasteiger partial charge in [0, 0.05) is 0 Å². The third kappa shape index (κ3) is 2.00. The summed E-state index contributed by atoms with van der Waals surface area (Å²) in [5.74, 6) is 0. The lowest BCUT2D eigenvalue weighted by Gasteiger charge is -2.22. The van der Waals surface area contributed by atoms with Crippen molar-refractivity contribution < 1.29 is 9.63 Å². The third-order valence-corrected chi connectivity index (χ3v) is 1.64. The average molecular weight is 230 g/mol. The molecule has 1 atom stereocenters. The fourth-order valence-electron chi connectivity index (χ4n) is 0.523. The van der Waals surface area contributed by atoms with Crippen molar-refractivity contribution >= 4 is 51.9 Å². The first-order chi connectivity index (χ1) is 5.65. The summed E-state index contributed by atoms with van der Waals surface area (Å²) >= 11 is 16.4. The van der Waals surface area contributed by atoms with Gasteiger partial charge >= 0.3 is 6.47 Å². The molecule has 1 unspecified atom stereocenters. The second-order valence-electron chi connectivity index (χ2n) is 1.62. The van der Waals surface area contributed by atoms with E-state index in [9.17, 15) is 4.79 Å². The summed E-state index contributed by atoms with van der Waals surface area (Å²) in [5, 5.41) is 0.565. The molecule has 0 saturated carbocycles. The Kier molecular flexibility index (Phi) is 3.13. The highest BCUT2D eigenvalue weighted by Gasteiger charge is 2.24. The molecule has 0 fully saturated rings. The number of amidine groups is 2. The van der Waals surface area contributed by atoms with Crippen molar-refractivity contribution in [3.05, 3.63) is 0 Å². The molecule has 0 N–H and O–H groups in total. The highest BCUT2D eigenvalue weighted by molar-refractivity contribution is 6.71. The van der Waals surface area contributed by atoms with Crippen LogP contribution in [0.3, 0.4) is 0 Å². The van der Waals surface area contributed by atoms with Crippen LogP contribution in [0.1, 0.15) is 0 Å². The monoisotopic (exact) mass is 229 g/mol. The van der Waals surface area contributed by atoms with Gasteiger partial charge < -0.3 is 4.84 Å². The van der Waals surface area contributed by atoms with Crippen LogP contribution in [0.25, 0.3) is 0 Å². The molecule has 0 aromatic heterocycles. The van der Waals surface area contributed by atoms with Gasteiger partial charge in [0.25, 0.3) is 0 Å². The molecule has 0 bridgehead atoms. The zero-order chi connectivity index (χ0) is 9.14. The summed E-state index contributed by atoms with van der Waals surface area (Å²) in [6.45, 7) is 0.155. The summed E-state index contributed by atoms with van der Waals surface area (Å²) in [4.78, 5) is 21.3. The number of nitrogens with zero attached hydrogens (tertiary/aromatic N) is 3. The fourth-order valence-corrected chi connectivity index (χ4v) is 1.28. The van der Waals surface area contributed by atoms with Crippen LogP contribution in [0, 0.1) is 0 Å². The zero-order valence-electron chi connectivity index (χ0n) is 5.45. The summed E-state index contributed by atoms with van der Waals surface area (Å²) < 4.78 is 0. The summed E-state index contributed by atoms with van der Waals surface area (Å²) in [7, 11) is 0. The lowest BCUT2D eigenvalue weighted by Crippen LogP contribution is -2.36. The molecular weight excluding hydrogens is 228 g/mol. The molecular formula is C4H2Cl3N3O2. The second-order valence-corrected chi connectivity index (χ2v) is 2.68. The molecule has 0 aromatic carbocycles. The van der Waals surface area contributed by atoms with Gasteiger partial charge in [-0.2, -0.15) is 4.99 Å². The number of alkyl halides is 1. The Bertz CT molecular complexity index is 254. The molecule has 0 aliphatic carbocycles. The van der Waals surface area contributed by atoms with E-state index >= 15 is 0 Å². The molecule has 0 aromatic rings. The highest BCUT2D eigenvalue weighted by atomic mass is 35.5. The van der Waals surface area contributed by atoms with Gasteiger partial charge in [-0.15, -0.1) is 5.06 Å². The Morgan fingerprint density at radius 2 is 2.25 bits per heavy atom. The second kappa shape index (κ2) is 3.93. The molecule has 1 heterocycles. The smallest absolute Gasteiger partial charge is 0.321 e. The Hall–Kier alpha value is -0.520. The van der Waals surface area contributed by atoms with Crippen LogP contribution in [-0.2, 0) is 9.63 Å². The van der Waals surface area contributed by atoms with E-state index in [1.165, 1.54) is 0 Å². The lowest BCUT2D eigenvalue weighted by molar-refractivity contribution is -0.157. The number of halogens is 3. The van der Waals surface area contributed by atoms with Crippen molar-refractivity contribution in [1.29, 1.82) is 0 Å². The van der Waals surface area contributed by atoms with Gasteiger partial charge in [0.05, 0.1) is 0 Å². The number of hydroxylamine groups is 2. The van der Waals surface area contributed by atoms with E-state index in [0.717, 1.165) is 5.06 Å². The van der Waals surface area contributed by atoms with Crippen LogP contribution in [-0.4, -0.2) is 27.7 Å². The number of carbonyl (C=O) groups is 1. The highest BCUT2D eigenvalue weighted by Crippen LogP contribution is 2.16. The topological polar surface area (TPSA) is 54.3 Å². The maximum Gasteiger partial charge on any atom is 0.321 e. The first-order valence-electron chi connectivity index (χ1n) is 2.66. The molecule has 0 amide bonds. The number of hydrogen-bond donors (Lipinski definition) is 0. The summed E-state index contributed by atoms with van der Waals surface area (Å²) in [6.07, 6.45) is 0. The predicted octanol–water partition coefficient (Wildman–Crippen LogP) is 1.10. The van der Waals surface area contributed by atoms with E-state index in [1.807, 2.05) is 0 Å². The normalized spacial score (nSPS) is 22.9. The fraction of sp³-hybridized carbons (Fsp3) is 0.250. The van der Waals surface area contributed by atoms with Gasteiger partial charge in [-0.05, 0) is 23.2 Å². The Labute approximate surface area is 82.5 Å². The van der Waals surface area contributed by atoms with Gasteiger partial charge in [-0.1, -0.05) is 11.6 Å². The van der Waals surface area contributed by atoms with Gasteiger partial charge in [0.1, 0.15) is 0 Å². The van der Waals surface area contributed by atoms with Crippen LogP contribution in [0.4, 0.5) is 0 Å². The molecule has 1 aliphatic rings. The standard InChI is InChI=1S/C4H2Cl3N3O2/c5-2-8-3(6)10(12-1-11)4(7)9-2/h1,3H. The van der Waals surface area contributed by atoms with Crippen LogP contribution in [0.15, 0.2) is 9.98 Å². The minimum absolute atomic E-state index is 0.0919. The van der Waals surface area contributed by atoms with Crippen molar-refractivity contribution in [3.63, 3.8) is 0 Å². The SMILES string of the molecule is O=CON1C(Cl)=NC(Cl)=NC1Cl. The quantitative estimate of drug-likeness (QED) is 0.405. The Morgan fingerprint density at radius 1 is 1.58 bits per heavy atom. The molecule has 5 nitrogen and oxygen atoms in total. The lowest BCUT2D eigenvalue weighted by atomic mass is 10.9. The van der Waals surface area contributed by atoms with E-state index < -0.39 is 5.62 Å². The van der Waals surface area contributed by atoms with Gasteiger partial charge in [-0.25, -0.2) is 4.99 Å². The first kappa shape index (κ1) is 9.57. The van der Waals surface area contributed by atoms with E-state index in [0.29, 0.717) is 0 Å². The molecule has 0 saturated heterocycles. The number of hydrogen-bond acceptors (Lipinski definition) is 5. The first-order valence-corrected chi connectivity index (χ1v) is 3.85. The third-order valence-electron chi connectivity index (χ3n) is 0.930. The molecule has 0 radical (unpaired) electrons. The predicted molar refractivity (Wildman–Crippen MR) is 45.2 cm³/mol. The zero-order valence-corrected chi connectivity index (χ0v) is 7.71. The van der Waals surface area contributed by atoms with Gasteiger partial charge in [0.15, 0.2) is 0 Å². The van der Waals surface area contributed by atoms with Crippen LogP contribution in [0.5, 0.6) is 0 Å². The molecule has 0 spiro atoms. The van der Waals surface area contributed by atoms with Crippen molar-refractivity contribution in [3.8, 4) is 0 Å². The average Bonchev–Trinajstić information content (AvgIpc) is 1.96.